The summed E-state index contributed by atoms with van der Waals surface area (Å²) in [5.41, 5.74) is -0.691. The summed E-state index contributed by atoms with van der Waals surface area (Å²) >= 11 is 0. The van der Waals surface area contributed by atoms with E-state index in [0.717, 1.165) is 26.2 Å². The normalized spacial score (nSPS) is 34.1. The Labute approximate surface area is 122 Å². The fourth-order valence-corrected chi connectivity index (χ4v) is 3.99. The Morgan fingerprint density at radius 3 is 2.67 bits per heavy atom. The molecule has 2 rings (SSSR count). The molecule has 0 aliphatic heterocycles. The zero-order chi connectivity index (χ0) is 15.8. The molecule has 0 aromatic carbocycles. The first-order chi connectivity index (χ1) is 9.67. The molecule has 0 heterocycles. The smallest absolute Gasteiger partial charge is 0.378 e. The van der Waals surface area contributed by atoms with Crippen LogP contribution in [0.2, 0.25) is 0 Å². The average molecular weight is 304 g/mol. The standard InChI is InChI=1S/C15H22F2O4/c1-9-6-11-4-3-5-14(7-9,8-11)13(20)21-10(2)15(16,17)12(18)19/h9-11H,3-8H2,1-2H3,(H,18,19). The van der Waals surface area contributed by atoms with E-state index in [9.17, 15) is 18.4 Å². The third-order valence-corrected chi connectivity index (χ3v) is 4.93. The number of rotatable bonds is 4. The van der Waals surface area contributed by atoms with E-state index in [2.05, 4.69) is 6.92 Å². The summed E-state index contributed by atoms with van der Waals surface area (Å²) in [5.74, 6) is -6.15. The van der Waals surface area contributed by atoms with Gasteiger partial charge < -0.3 is 9.84 Å². The molecule has 2 fully saturated rings. The molecule has 4 atom stereocenters. The molecule has 2 aliphatic rings. The second-order valence-corrected chi connectivity index (χ2v) is 6.76. The molecule has 0 aromatic heterocycles. The Kier molecular flexibility index (Phi) is 4.26. The van der Waals surface area contributed by atoms with Crippen LogP contribution >= 0.6 is 0 Å². The van der Waals surface area contributed by atoms with Gasteiger partial charge in [0.1, 0.15) is 0 Å². The summed E-state index contributed by atoms with van der Waals surface area (Å²) in [6.45, 7) is 3.00. The van der Waals surface area contributed by atoms with Crippen LogP contribution < -0.4 is 0 Å². The van der Waals surface area contributed by atoms with Crippen LogP contribution in [0, 0.1) is 17.3 Å². The molecular formula is C15H22F2O4. The highest BCUT2D eigenvalue weighted by molar-refractivity contribution is 5.80. The SMILES string of the molecule is CC1CC2CCCC(C(=O)OC(C)C(F)(F)C(=O)O)(C1)C2. The lowest BCUT2D eigenvalue weighted by atomic mass is 9.59. The number of carbonyl (C=O) groups excluding carboxylic acids is 1. The summed E-state index contributed by atoms with van der Waals surface area (Å²) in [5, 5.41) is 8.51. The van der Waals surface area contributed by atoms with Crippen LogP contribution in [0.5, 0.6) is 0 Å². The molecule has 2 saturated carbocycles. The summed E-state index contributed by atoms with van der Waals surface area (Å²) < 4.78 is 31.6. The van der Waals surface area contributed by atoms with Crippen molar-refractivity contribution in [3.63, 3.8) is 0 Å². The Morgan fingerprint density at radius 2 is 2.05 bits per heavy atom. The zero-order valence-corrected chi connectivity index (χ0v) is 12.4. The maximum absolute atomic E-state index is 13.4. The number of fused-ring (bicyclic) bond motifs is 2. The van der Waals surface area contributed by atoms with Gasteiger partial charge in [0.25, 0.3) is 0 Å². The Hall–Kier alpha value is -1.20. The first-order valence-electron chi connectivity index (χ1n) is 7.49. The first-order valence-corrected chi connectivity index (χ1v) is 7.49. The summed E-state index contributed by atoms with van der Waals surface area (Å²) in [7, 11) is 0. The third-order valence-electron chi connectivity index (χ3n) is 4.93. The molecule has 4 unspecified atom stereocenters. The van der Waals surface area contributed by atoms with E-state index < -0.39 is 29.4 Å². The third kappa shape index (κ3) is 3.04. The molecule has 0 saturated heterocycles. The lowest BCUT2D eigenvalue weighted by molar-refractivity contribution is -0.199. The van der Waals surface area contributed by atoms with Gasteiger partial charge in [-0.15, -0.1) is 0 Å². The number of alkyl halides is 2. The number of halogens is 2. The van der Waals surface area contributed by atoms with Gasteiger partial charge in [-0.1, -0.05) is 19.8 Å². The molecule has 0 spiro atoms. The molecule has 0 aromatic rings. The largest absolute Gasteiger partial charge is 0.477 e. The van der Waals surface area contributed by atoms with E-state index >= 15 is 0 Å². The number of esters is 1. The Bertz CT molecular complexity index is 433. The highest BCUT2D eigenvalue weighted by Crippen LogP contribution is 2.51. The van der Waals surface area contributed by atoms with Crippen molar-refractivity contribution in [2.45, 2.75) is 64.4 Å². The highest BCUT2D eigenvalue weighted by atomic mass is 19.3. The maximum atomic E-state index is 13.4. The lowest BCUT2D eigenvalue weighted by Crippen LogP contribution is -2.48. The topological polar surface area (TPSA) is 63.6 Å². The van der Waals surface area contributed by atoms with Crippen LogP contribution in [-0.2, 0) is 14.3 Å². The predicted octanol–water partition coefficient (Wildman–Crippen LogP) is 3.24. The fourth-order valence-electron chi connectivity index (χ4n) is 3.99. The number of ether oxygens (including phenoxy) is 1. The molecular weight excluding hydrogens is 282 g/mol. The van der Waals surface area contributed by atoms with E-state index in [1.54, 1.807) is 0 Å². The van der Waals surface area contributed by atoms with Crippen molar-refractivity contribution in [1.82, 2.24) is 0 Å². The van der Waals surface area contributed by atoms with E-state index in [0.29, 0.717) is 31.1 Å². The summed E-state index contributed by atoms with van der Waals surface area (Å²) in [4.78, 5) is 23.0. The number of hydrogen-bond donors (Lipinski definition) is 1. The van der Waals surface area contributed by atoms with E-state index in [1.807, 2.05) is 0 Å². The minimum Gasteiger partial charge on any atom is -0.477 e. The minimum atomic E-state index is -4.05. The summed E-state index contributed by atoms with van der Waals surface area (Å²) in [6, 6.07) is 0. The molecule has 0 radical (unpaired) electrons. The van der Waals surface area contributed by atoms with Crippen molar-refractivity contribution >= 4 is 11.9 Å². The van der Waals surface area contributed by atoms with Crippen LogP contribution in [-0.4, -0.2) is 29.1 Å². The highest BCUT2D eigenvalue weighted by Gasteiger charge is 2.52. The van der Waals surface area contributed by atoms with Gasteiger partial charge in [0, 0.05) is 0 Å². The number of carboxylic acid groups (broad SMARTS) is 1. The van der Waals surface area contributed by atoms with Crippen LogP contribution in [0.3, 0.4) is 0 Å². The molecule has 21 heavy (non-hydrogen) atoms. The number of aliphatic carboxylic acids is 1. The van der Waals surface area contributed by atoms with Crippen molar-refractivity contribution in [3.05, 3.63) is 0 Å². The molecule has 2 bridgehead atoms. The monoisotopic (exact) mass is 304 g/mol. The van der Waals surface area contributed by atoms with Gasteiger partial charge in [0.05, 0.1) is 5.41 Å². The molecule has 4 nitrogen and oxygen atoms in total. The van der Waals surface area contributed by atoms with Crippen LogP contribution in [0.15, 0.2) is 0 Å². The van der Waals surface area contributed by atoms with E-state index in [1.165, 1.54) is 0 Å². The Morgan fingerprint density at radius 1 is 1.38 bits per heavy atom. The van der Waals surface area contributed by atoms with Crippen molar-refractivity contribution in [2.75, 3.05) is 0 Å². The summed E-state index contributed by atoms with van der Waals surface area (Å²) in [6.07, 6.45) is 3.06. The van der Waals surface area contributed by atoms with Crippen molar-refractivity contribution in [3.8, 4) is 0 Å². The van der Waals surface area contributed by atoms with E-state index in [-0.39, 0.29) is 0 Å². The molecule has 0 amide bonds. The zero-order valence-electron chi connectivity index (χ0n) is 12.4. The number of carboxylic acids is 1. The van der Waals surface area contributed by atoms with Crippen molar-refractivity contribution < 1.29 is 28.2 Å². The molecule has 6 heteroatoms. The van der Waals surface area contributed by atoms with Crippen molar-refractivity contribution in [2.24, 2.45) is 17.3 Å². The van der Waals surface area contributed by atoms with Crippen LogP contribution in [0.4, 0.5) is 8.78 Å². The fraction of sp³-hybridized carbons (Fsp3) is 0.867. The quantitative estimate of drug-likeness (QED) is 0.810. The lowest BCUT2D eigenvalue weighted by Gasteiger charge is -2.46. The van der Waals surface area contributed by atoms with Crippen molar-refractivity contribution in [1.29, 1.82) is 0 Å². The van der Waals surface area contributed by atoms with Gasteiger partial charge >= 0.3 is 17.9 Å². The number of carbonyl (C=O) groups is 2. The molecule has 2 aliphatic carbocycles. The second-order valence-electron chi connectivity index (χ2n) is 6.76. The average Bonchev–Trinajstić information content (AvgIpc) is 2.37. The second kappa shape index (κ2) is 5.54. The maximum Gasteiger partial charge on any atom is 0.378 e. The van der Waals surface area contributed by atoms with Gasteiger partial charge in [0.2, 0.25) is 0 Å². The Balaban J connectivity index is 2.10. The van der Waals surface area contributed by atoms with Gasteiger partial charge in [0.15, 0.2) is 6.10 Å². The molecule has 120 valence electrons. The van der Waals surface area contributed by atoms with Gasteiger partial charge in [-0.05, 0) is 44.4 Å². The van der Waals surface area contributed by atoms with Crippen LogP contribution in [0.25, 0.3) is 0 Å². The van der Waals surface area contributed by atoms with Gasteiger partial charge in [-0.2, -0.15) is 8.78 Å². The van der Waals surface area contributed by atoms with E-state index in [4.69, 9.17) is 9.84 Å². The number of hydrogen-bond acceptors (Lipinski definition) is 3. The van der Waals surface area contributed by atoms with Gasteiger partial charge in [-0.25, -0.2) is 4.79 Å². The van der Waals surface area contributed by atoms with Gasteiger partial charge in [-0.3, -0.25) is 4.79 Å². The predicted molar refractivity (Wildman–Crippen MR) is 70.9 cm³/mol. The first kappa shape index (κ1) is 16.2. The minimum absolute atomic E-state index is 0.367. The van der Waals surface area contributed by atoms with Crippen LogP contribution in [0.1, 0.15) is 52.4 Å². The molecule has 1 N–H and O–H groups in total.